The minimum atomic E-state index is -0.805. The van der Waals surface area contributed by atoms with Crippen LogP contribution in [0.4, 0.5) is 0 Å². The van der Waals surface area contributed by atoms with Crippen LogP contribution in [0, 0.1) is 0 Å². The number of hydrogen-bond donors (Lipinski definition) is 2. The van der Waals surface area contributed by atoms with Crippen molar-refractivity contribution in [1.82, 2.24) is 10.6 Å². The number of nitrogens with one attached hydrogen (secondary N) is 2. The Morgan fingerprint density at radius 1 is 1.10 bits per heavy atom. The van der Waals surface area contributed by atoms with Gasteiger partial charge in [-0.1, -0.05) is 30.3 Å². The molecule has 0 aliphatic rings. The Morgan fingerprint density at radius 3 is 2.15 bits per heavy atom. The van der Waals surface area contributed by atoms with Crippen molar-refractivity contribution in [3.63, 3.8) is 0 Å². The van der Waals surface area contributed by atoms with E-state index in [4.69, 9.17) is 11.6 Å². The van der Waals surface area contributed by atoms with Gasteiger partial charge in [0.15, 0.2) is 0 Å². The summed E-state index contributed by atoms with van der Waals surface area (Å²) in [6, 6.07) is 8.40. The molecule has 110 valence electrons. The highest BCUT2D eigenvalue weighted by molar-refractivity contribution is 6.30. The standard InChI is InChI=1S/C15H21ClN2O2/c1-10(13(19)18-15(2,3)4)17-14(20)12(16)11-8-6-5-7-9-11/h5-10,12H,1-4H3,(H,17,20)(H,18,19). The quantitative estimate of drug-likeness (QED) is 0.838. The number of amides is 2. The third-order valence-corrected chi connectivity index (χ3v) is 3.02. The van der Waals surface area contributed by atoms with Crippen molar-refractivity contribution in [3.05, 3.63) is 35.9 Å². The average molecular weight is 297 g/mol. The van der Waals surface area contributed by atoms with E-state index in [0.29, 0.717) is 5.56 Å². The second kappa shape index (κ2) is 6.75. The Labute approximate surface area is 124 Å². The fraction of sp³-hybridized carbons (Fsp3) is 0.467. The molecule has 0 saturated carbocycles. The predicted molar refractivity (Wildman–Crippen MR) is 80.5 cm³/mol. The molecule has 0 heterocycles. The first kappa shape index (κ1) is 16.5. The molecule has 0 aliphatic heterocycles. The Balaban J connectivity index is 2.60. The van der Waals surface area contributed by atoms with Gasteiger partial charge in [0.1, 0.15) is 11.4 Å². The molecule has 0 fully saturated rings. The molecule has 2 atom stereocenters. The molecule has 20 heavy (non-hydrogen) atoms. The lowest BCUT2D eigenvalue weighted by atomic mass is 10.1. The average Bonchev–Trinajstić information content (AvgIpc) is 2.36. The van der Waals surface area contributed by atoms with Crippen LogP contribution < -0.4 is 10.6 Å². The van der Waals surface area contributed by atoms with Gasteiger partial charge in [0, 0.05) is 5.54 Å². The molecule has 4 nitrogen and oxygen atoms in total. The zero-order valence-corrected chi connectivity index (χ0v) is 13.0. The first-order chi connectivity index (χ1) is 9.20. The van der Waals surface area contributed by atoms with E-state index in [2.05, 4.69) is 10.6 Å². The van der Waals surface area contributed by atoms with Crippen molar-refractivity contribution >= 4 is 23.4 Å². The van der Waals surface area contributed by atoms with E-state index in [-0.39, 0.29) is 17.4 Å². The number of alkyl halides is 1. The summed E-state index contributed by atoms with van der Waals surface area (Å²) in [4.78, 5) is 23.9. The molecule has 2 unspecified atom stereocenters. The molecular weight excluding hydrogens is 276 g/mol. The molecule has 2 N–H and O–H groups in total. The van der Waals surface area contributed by atoms with Crippen molar-refractivity contribution in [2.45, 2.75) is 44.7 Å². The second-order valence-corrected chi connectivity index (χ2v) is 6.18. The molecule has 1 rings (SSSR count). The Morgan fingerprint density at radius 2 is 1.65 bits per heavy atom. The lowest BCUT2D eigenvalue weighted by Gasteiger charge is -2.24. The predicted octanol–water partition coefficient (Wildman–Crippen LogP) is 2.39. The topological polar surface area (TPSA) is 58.2 Å². The van der Waals surface area contributed by atoms with Crippen molar-refractivity contribution in [1.29, 1.82) is 0 Å². The summed E-state index contributed by atoms with van der Waals surface area (Å²) in [6.07, 6.45) is 0. The number of halogens is 1. The molecule has 0 aliphatic carbocycles. The normalized spacial score (nSPS) is 14.2. The van der Waals surface area contributed by atoms with Gasteiger partial charge in [0.25, 0.3) is 0 Å². The lowest BCUT2D eigenvalue weighted by Crippen LogP contribution is -2.51. The van der Waals surface area contributed by atoms with Crippen LogP contribution in [0.3, 0.4) is 0 Å². The van der Waals surface area contributed by atoms with E-state index in [1.807, 2.05) is 39.0 Å². The summed E-state index contributed by atoms with van der Waals surface area (Å²) in [7, 11) is 0. The highest BCUT2D eigenvalue weighted by atomic mass is 35.5. The molecule has 0 spiro atoms. The van der Waals surface area contributed by atoms with E-state index < -0.39 is 11.4 Å². The Bertz CT molecular complexity index is 469. The van der Waals surface area contributed by atoms with Crippen LogP contribution in [0.25, 0.3) is 0 Å². The molecule has 0 radical (unpaired) electrons. The molecular formula is C15H21ClN2O2. The third kappa shape index (κ3) is 5.21. The lowest BCUT2D eigenvalue weighted by molar-refractivity contribution is -0.129. The number of benzene rings is 1. The van der Waals surface area contributed by atoms with Gasteiger partial charge in [0.05, 0.1) is 0 Å². The minimum Gasteiger partial charge on any atom is -0.350 e. The first-order valence-corrected chi connectivity index (χ1v) is 6.96. The van der Waals surface area contributed by atoms with Crippen LogP contribution in [-0.4, -0.2) is 23.4 Å². The van der Waals surface area contributed by atoms with E-state index in [1.165, 1.54) is 0 Å². The minimum absolute atomic E-state index is 0.234. The monoisotopic (exact) mass is 296 g/mol. The third-order valence-electron chi connectivity index (χ3n) is 2.57. The SMILES string of the molecule is CC(NC(=O)C(Cl)c1ccccc1)C(=O)NC(C)(C)C. The van der Waals surface area contributed by atoms with Gasteiger partial charge < -0.3 is 10.6 Å². The Kier molecular flexibility index (Phi) is 5.57. The molecule has 5 heteroatoms. The number of hydrogen-bond acceptors (Lipinski definition) is 2. The van der Waals surface area contributed by atoms with E-state index >= 15 is 0 Å². The van der Waals surface area contributed by atoms with E-state index in [1.54, 1.807) is 19.1 Å². The van der Waals surface area contributed by atoms with Crippen LogP contribution in [0.15, 0.2) is 30.3 Å². The van der Waals surface area contributed by atoms with Gasteiger partial charge in [-0.05, 0) is 33.3 Å². The van der Waals surface area contributed by atoms with Crippen molar-refractivity contribution in [2.75, 3.05) is 0 Å². The summed E-state index contributed by atoms with van der Waals surface area (Å²) < 4.78 is 0. The van der Waals surface area contributed by atoms with Gasteiger partial charge in [-0.3, -0.25) is 9.59 Å². The second-order valence-electron chi connectivity index (χ2n) is 5.74. The molecule has 0 saturated heterocycles. The van der Waals surface area contributed by atoms with Gasteiger partial charge in [0.2, 0.25) is 11.8 Å². The fourth-order valence-electron chi connectivity index (χ4n) is 1.60. The number of carbonyl (C=O) groups is 2. The summed E-state index contributed by atoms with van der Waals surface area (Å²) in [5.74, 6) is -0.614. The molecule has 0 bridgehead atoms. The van der Waals surface area contributed by atoms with E-state index in [0.717, 1.165) is 0 Å². The van der Waals surface area contributed by atoms with Crippen molar-refractivity contribution < 1.29 is 9.59 Å². The Hall–Kier alpha value is -1.55. The first-order valence-electron chi connectivity index (χ1n) is 6.52. The number of rotatable bonds is 4. The van der Waals surface area contributed by atoms with Gasteiger partial charge >= 0.3 is 0 Å². The molecule has 0 aromatic heterocycles. The van der Waals surface area contributed by atoms with Crippen LogP contribution >= 0.6 is 11.6 Å². The smallest absolute Gasteiger partial charge is 0.243 e. The van der Waals surface area contributed by atoms with Gasteiger partial charge in [-0.2, -0.15) is 0 Å². The van der Waals surface area contributed by atoms with Crippen LogP contribution in [0.5, 0.6) is 0 Å². The summed E-state index contributed by atoms with van der Waals surface area (Å²) in [6.45, 7) is 7.28. The summed E-state index contributed by atoms with van der Waals surface area (Å²) in [5, 5.41) is 4.62. The highest BCUT2D eigenvalue weighted by Gasteiger charge is 2.24. The zero-order chi connectivity index (χ0) is 15.3. The van der Waals surface area contributed by atoms with Crippen LogP contribution in [0.2, 0.25) is 0 Å². The van der Waals surface area contributed by atoms with Gasteiger partial charge in [-0.15, -0.1) is 11.6 Å². The maximum atomic E-state index is 12.0. The maximum absolute atomic E-state index is 12.0. The number of carbonyl (C=O) groups excluding carboxylic acids is 2. The fourth-order valence-corrected chi connectivity index (χ4v) is 1.81. The molecule has 1 aromatic carbocycles. The molecule has 2 amide bonds. The van der Waals surface area contributed by atoms with Crippen LogP contribution in [0.1, 0.15) is 38.6 Å². The summed E-state index contributed by atoms with van der Waals surface area (Å²) in [5.41, 5.74) is 0.366. The van der Waals surface area contributed by atoms with Crippen molar-refractivity contribution in [3.8, 4) is 0 Å². The summed E-state index contributed by atoms with van der Waals surface area (Å²) >= 11 is 6.09. The zero-order valence-electron chi connectivity index (χ0n) is 12.2. The largest absolute Gasteiger partial charge is 0.350 e. The highest BCUT2D eigenvalue weighted by Crippen LogP contribution is 2.20. The van der Waals surface area contributed by atoms with E-state index in [9.17, 15) is 9.59 Å². The maximum Gasteiger partial charge on any atom is 0.243 e. The molecule has 1 aromatic rings. The van der Waals surface area contributed by atoms with Gasteiger partial charge in [-0.25, -0.2) is 0 Å². The van der Waals surface area contributed by atoms with Crippen molar-refractivity contribution in [2.24, 2.45) is 0 Å². The van der Waals surface area contributed by atoms with Crippen LogP contribution in [-0.2, 0) is 9.59 Å².